The minimum atomic E-state index is -0.908. The third kappa shape index (κ3) is 4.63. The normalized spacial score (nSPS) is 11.9. The number of pyridine rings is 1. The number of ether oxygens (including phenoxy) is 1. The summed E-state index contributed by atoms with van der Waals surface area (Å²) in [6.07, 6.45) is -0.908. The molecule has 0 saturated carbocycles. The number of benzene rings is 3. The van der Waals surface area contributed by atoms with Gasteiger partial charge in [0.05, 0.1) is 16.8 Å². The molecule has 0 bridgehead atoms. The van der Waals surface area contributed by atoms with Gasteiger partial charge in [0.25, 0.3) is 0 Å². The topological polar surface area (TPSA) is 56.3 Å². The highest BCUT2D eigenvalue weighted by molar-refractivity contribution is 9.10. The SMILES string of the molecule is Cc1ccc(C(=O)C(C)OC(=O)c2cc(-c3ccc(Br)cc3)nc3ccc(C)cc23)cc1. The fraction of sp³-hybridized carbons (Fsp3) is 0.148. The number of ketones is 1. The van der Waals surface area contributed by atoms with E-state index in [-0.39, 0.29) is 5.78 Å². The first-order valence-electron chi connectivity index (χ1n) is 10.3. The van der Waals surface area contributed by atoms with Gasteiger partial charge in [0.2, 0.25) is 5.78 Å². The largest absolute Gasteiger partial charge is 0.451 e. The number of aromatic nitrogens is 1. The molecule has 0 aliphatic heterocycles. The van der Waals surface area contributed by atoms with Crippen molar-refractivity contribution in [1.29, 1.82) is 0 Å². The second kappa shape index (κ2) is 9.05. The summed E-state index contributed by atoms with van der Waals surface area (Å²) in [7, 11) is 0. The number of rotatable bonds is 5. The van der Waals surface area contributed by atoms with Gasteiger partial charge in [0.15, 0.2) is 6.10 Å². The fourth-order valence-electron chi connectivity index (χ4n) is 3.51. The van der Waals surface area contributed by atoms with Gasteiger partial charge in [0.1, 0.15) is 0 Å². The van der Waals surface area contributed by atoms with Crippen LogP contribution in [0.3, 0.4) is 0 Å². The van der Waals surface area contributed by atoms with Gasteiger partial charge in [-0.1, -0.05) is 69.5 Å². The molecular formula is C27H22BrNO3. The van der Waals surface area contributed by atoms with Crippen LogP contribution in [0.25, 0.3) is 22.2 Å². The van der Waals surface area contributed by atoms with Crippen LogP contribution in [0.5, 0.6) is 0 Å². The van der Waals surface area contributed by atoms with E-state index in [9.17, 15) is 9.59 Å². The number of nitrogens with zero attached hydrogens (tertiary/aromatic N) is 1. The summed E-state index contributed by atoms with van der Waals surface area (Å²) in [4.78, 5) is 30.7. The first-order valence-corrected chi connectivity index (χ1v) is 11.1. The Bertz CT molecular complexity index is 1310. The number of aryl methyl sites for hydroxylation is 2. The maximum absolute atomic E-state index is 13.2. The maximum atomic E-state index is 13.2. The number of halogens is 1. The van der Waals surface area contributed by atoms with E-state index in [2.05, 4.69) is 15.9 Å². The lowest BCUT2D eigenvalue weighted by molar-refractivity contribution is 0.0320. The molecule has 32 heavy (non-hydrogen) atoms. The van der Waals surface area contributed by atoms with E-state index in [0.717, 1.165) is 21.2 Å². The molecular weight excluding hydrogens is 466 g/mol. The van der Waals surface area contributed by atoms with Crippen LogP contribution in [0.15, 0.2) is 77.3 Å². The molecule has 0 aliphatic carbocycles. The average Bonchev–Trinajstić information content (AvgIpc) is 2.78. The molecule has 1 aromatic heterocycles. The molecule has 0 radical (unpaired) electrons. The molecule has 160 valence electrons. The molecule has 0 amide bonds. The zero-order chi connectivity index (χ0) is 22.8. The van der Waals surface area contributed by atoms with Crippen molar-refractivity contribution in [2.45, 2.75) is 26.9 Å². The maximum Gasteiger partial charge on any atom is 0.339 e. The minimum Gasteiger partial charge on any atom is -0.451 e. The Balaban J connectivity index is 1.70. The zero-order valence-electron chi connectivity index (χ0n) is 18.1. The molecule has 1 unspecified atom stereocenters. The number of hydrogen-bond acceptors (Lipinski definition) is 4. The predicted molar refractivity (Wildman–Crippen MR) is 130 cm³/mol. The van der Waals surface area contributed by atoms with Gasteiger partial charge in [-0.15, -0.1) is 0 Å². The summed E-state index contributed by atoms with van der Waals surface area (Å²) in [5.41, 5.74) is 5.22. The molecule has 0 N–H and O–H groups in total. The van der Waals surface area contributed by atoms with Crippen LogP contribution in [0.4, 0.5) is 0 Å². The third-order valence-corrected chi connectivity index (χ3v) is 5.84. The lowest BCUT2D eigenvalue weighted by Gasteiger charge is -2.15. The molecule has 4 aromatic rings. The molecule has 4 rings (SSSR count). The van der Waals surface area contributed by atoms with Gasteiger partial charge >= 0.3 is 5.97 Å². The fourth-order valence-corrected chi connectivity index (χ4v) is 3.77. The standard InChI is InChI=1S/C27H22BrNO3/c1-16-4-7-20(8-5-16)26(30)18(3)32-27(31)23-15-25(19-9-11-21(28)12-10-19)29-24-13-6-17(2)14-22(23)24/h4-15,18H,1-3H3. The minimum absolute atomic E-state index is 0.235. The van der Waals surface area contributed by atoms with Crippen molar-refractivity contribution < 1.29 is 14.3 Å². The zero-order valence-corrected chi connectivity index (χ0v) is 19.6. The summed E-state index contributed by atoms with van der Waals surface area (Å²) in [6, 6.07) is 22.5. The predicted octanol–water partition coefficient (Wildman–Crippen LogP) is 6.71. The molecule has 0 aliphatic rings. The van der Waals surface area contributed by atoms with E-state index in [0.29, 0.717) is 27.7 Å². The number of carbonyl (C=O) groups excluding carboxylic acids is 2. The van der Waals surface area contributed by atoms with Gasteiger partial charge in [-0.05, 0) is 51.1 Å². The lowest BCUT2D eigenvalue weighted by Crippen LogP contribution is -2.24. The van der Waals surface area contributed by atoms with Crippen LogP contribution in [0, 0.1) is 13.8 Å². The molecule has 5 heteroatoms. The van der Waals surface area contributed by atoms with Crippen LogP contribution in [-0.2, 0) is 4.74 Å². The van der Waals surface area contributed by atoms with Crippen molar-refractivity contribution in [3.8, 4) is 11.3 Å². The molecule has 0 spiro atoms. The van der Waals surface area contributed by atoms with Gasteiger partial charge in [-0.2, -0.15) is 0 Å². The molecule has 1 atom stereocenters. The van der Waals surface area contributed by atoms with Crippen molar-refractivity contribution in [3.05, 3.63) is 99.5 Å². The first kappa shape index (κ1) is 21.9. The molecule has 4 nitrogen and oxygen atoms in total. The van der Waals surface area contributed by atoms with Crippen molar-refractivity contribution in [2.24, 2.45) is 0 Å². The van der Waals surface area contributed by atoms with Crippen molar-refractivity contribution in [3.63, 3.8) is 0 Å². The highest BCUT2D eigenvalue weighted by Crippen LogP contribution is 2.27. The van der Waals surface area contributed by atoms with E-state index in [1.165, 1.54) is 0 Å². The van der Waals surface area contributed by atoms with Gasteiger partial charge in [0, 0.05) is 21.0 Å². The summed E-state index contributed by atoms with van der Waals surface area (Å²) < 4.78 is 6.58. The number of hydrogen-bond donors (Lipinski definition) is 0. The van der Waals surface area contributed by atoms with Crippen LogP contribution in [-0.4, -0.2) is 22.8 Å². The number of esters is 1. The van der Waals surface area contributed by atoms with Crippen LogP contribution in [0.1, 0.15) is 38.8 Å². The number of Topliss-reactive ketones (excluding diaryl/α,β-unsaturated/α-hetero) is 1. The number of fused-ring (bicyclic) bond motifs is 1. The van der Waals surface area contributed by atoms with E-state index in [1.807, 2.05) is 68.4 Å². The van der Waals surface area contributed by atoms with Crippen molar-refractivity contribution in [2.75, 3.05) is 0 Å². The second-order valence-electron chi connectivity index (χ2n) is 7.86. The Hall–Kier alpha value is -3.31. The smallest absolute Gasteiger partial charge is 0.339 e. The average molecular weight is 488 g/mol. The van der Waals surface area contributed by atoms with Crippen molar-refractivity contribution in [1.82, 2.24) is 4.98 Å². The van der Waals surface area contributed by atoms with Gasteiger partial charge < -0.3 is 4.74 Å². The van der Waals surface area contributed by atoms with Crippen LogP contribution >= 0.6 is 15.9 Å². The summed E-state index contributed by atoms with van der Waals surface area (Å²) in [5, 5.41) is 0.700. The number of carbonyl (C=O) groups is 2. The van der Waals surface area contributed by atoms with Gasteiger partial charge in [-0.3, -0.25) is 4.79 Å². The Morgan fingerprint density at radius 1 is 0.875 bits per heavy atom. The quantitative estimate of drug-likeness (QED) is 0.232. The molecule has 0 fully saturated rings. The molecule has 0 saturated heterocycles. The Morgan fingerprint density at radius 2 is 1.53 bits per heavy atom. The van der Waals surface area contributed by atoms with Crippen LogP contribution < -0.4 is 0 Å². The Kier molecular flexibility index (Phi) is 6.19. The summed E-state index contributed by atoms with van der Waals surface area (Å²) in [6.45, 7) is 5.52. The van der Waals surface area contributed by atoms with Crippen molar-refractivity contribution >= 4 is 38.6 Å². The second-order valence-corrected chi connectivity index (χ2v) is 8.78. The lowest BCUT2D eigenvalue weighted by atomic mass is 10.0. The summed E-state index contributed by atoms with van der Waals surface area (Å²) in [5.74, 6) is -0.782. The van der Waals surface area contributed by atoms with E-state index >= 15 is 0 Å². The highest BCUT2D eigenvalue weighted by atomic mass is 79.9. The third-order valence-electron chi connectivity index (χ3n) is 5.31. The van der Waals surface area contributed by atoms with Crippen LogP contribution in [0.2, 0.25) is 0 Å². The Morgan fingerprint density at radius 3 is 2.22 bits per heavy atom. The van der Waals surface area contributed by atoms with Gasteiger partial charge in [-0.25, -0.2) is 9.78 Å². The first-order chi connectivity index (χ1) is 15.3. The monoisotopic (exact) mass is 487 g/mol. The molecule has 3 aromatic carbocycles. The van der Waals surface area contributed by atoms with E-state index in [4.69, 9.17) is 9.72 Å². The highest BCUT2D eigenvalue weighted by Gasteiger charge is 2.22. The van der Waals surface area contributed by atoms with E-state index in [1.54, 1.807) is 25.1 Å². The molecule has 1 heterocycles. The Labute approximate surface area is 195 Å². The van der Waals surface area contributed by atoms with E-state index < -0.39 is 12.1 Å². The summed E-state index contributed by atoms with van der Waals surface area (Å²) >= 11 is 3.44.